The molecule has 0 heterocycles. The molecule has 0 saturated heterocycles. The van der Waals surface area contributed by atoms with E-state index >= 15 is 0 Å². The summed E-state index contributed by atoms with van der Waals surface area (Å²) in [6.07, 6.45) is 0. The highest BCUT2D eigenvalue weighted by atomic mass is 79.9. The second-order valence-electron chi connectivity index (χ2n) is 3.68. The molecule has 0 spiro atoms. The summed E-state index contributed by atoms with van der Waals surface area (Å²) in [7, 11) is 0. The Labute approximate surface area is 118 Å². The molecule has 98 valence electrons. The number of halogens is 3. The minimum Gasteiger partial charge on any atom is -0.423 e. The number of hydrogen-bond donors (Lipinski definition) is 2. The molecule has 0 aliphatic rings. The van der Waals surface area contributed by atoms with Gasteiger partial charge in [0.05, 0.1) is 0 Å². The number of amidine groups is 2. The van der Waals surface area contributed by atoms with Gasteiger partial charge in [-0.1, -0.05) is 11.6 Å². The van der Waals surface area contributed by atoms with E-state index in [0.29, 0.717) is 5.02 Å². The lowest BCUT2D eigenvalue weighted by Gasteiger charge is -2.13. The van der Waals surface area contributed by atoms with E-state index in [9.17, 15) is 4.39 Å². The van der Waals surface area contributed by atoms with Crippen molar-refractivity contribution in [1.82, 2.24) is 5.32 Å². The lowest BCUT2D eigenvalue weighted by Crippen LogP contribution is -2.35. The summed E-state index contributed by atoms with van der Waals surface area (Å²) < 4.78 is 18.6. The Kier molecular flexibility index (Phi) is 5.55. The third-order valence-corrected chi connectivity index (χ3v) is 2.12. The van der Waals surface area contributed by atoms with Gasteiger partial charge in [-0.05, 0) is 41.9 Å². The highest BCUT2D eigenvalue weighted by molar-refractivity contribution is 9.18. The monoisotopic (exact) mass is 335 g/mol. The van der Waals surface area contributed by atoms with Crippen LogP contribution < -0.4 is 10.1 Å². The smallest absolute Gasteiger partial charge is 0.297 e. The molecule has 0 aliphatic heterocycles. The normalized spacial score (nSPS) is 11.6. The molecule has 18 heavy (non-hydrogen) atoms. The largest absolute Gasteiger partial charge is 0.423 e. The lowest BCUT2D eigenvalue weighted by atomic mass is 10.3. The molecule has 1 rings (SSSR count). The molecule has 0 radical (unpaired) electrons. The first-order chi connectivity index (χ1) is 8.38. The molecule has 0 amide bonds. The van der Waals surface area contributed by atoms with E-state index in [0.717, 1.165) is 0 Å². The maximum absolute atomic E-state index is 13.5. The van der Waals surface area contributed by atoms with Crippen molar-refractivity contribution in [3.05, 3.63) is 29.0 Å². The number of aliphatic imine (C=N–C) groups is 1. The molecule has 0 aliphatic carbocycles. The molecule has 7 heteroatoms. The fraction of sp³-hybridized carbons (Fsp3) is 0.273. The van der Waals surface area contributed by atoms with E-state index in [1.165, 1.54) is 18.2 Å². The molecule has 0 fully saturated rings. The first-order valence-corrected chi connectivity index (χ1v) is 6.27. The van der Waals surface area contributed by atoms with Crippen LogP contribution in [-0.4, -0.2) is 16.8 Å². The number of benzene rings is 1. The molecule has 1 aromatic carbocycles. The Morgan fingerprint density at radius 1 is 1.56 bits per heavy atom. The fourth-order valence-electron chi connectivity index (χ4n) is 1.08. The fourth-order valence-corrected chi connectivity index (χ4v) is 1.40. The van der Waals surface area contributed by atoms with E-state index in [4.69, 9.17) is 21.7 Å². The summed E-state index contributed by atoms with van der Waals surface area (Å²) in [5, 5.41) is 10.4. The van der Waals surface area contributed by atoms with Crippen LogP contribution in [0.3, 0.4) is 0 Å². The van der Waals surface area contributed by atoms with Gasteiger partial charge in [-0.25, -0.2) is 4.39 Å². The number of nitrogens with zero attached hydrogens (tertiary/aromatic N) is 1. The maximum atomic E-state index is 13.5. The van der Waals surface area contributed by atoms with E-state index in [1.54, 1.807) is 0 Å². The standard InChI is InChI=1S/C11H12BrClFN3O/c1-6(2)16-11(17-10(12)15)18-9-5-7(13)3-4-8(9)14/h3-6H,1-2H3,(H2,15,16,17). The minimum absolute atomic E-state index is 0.0213. The first kappa shape index (κ1) is 14.9. The molecule has 0 bridgehead atoms. The molecule has 1 aromatic rings. The minimum atomic E-state index is -0.557. The average molecular weight is 337 g/mol. The predicted octanol–water partition coefficient (Wildman–Crippen LogP) is 3.54. The van der Waals surface area contributed by atoms with Crippen LogP contribution in [-0.2, 0) is 0 Å². The van der Waals surface area contributed by atoms with Gasteiger partial charge in [-0.2, -0.15) is 4.99 Å². The van der Waals surface area contributed by atoms with Crippen molar-refractivity contribution in [1.29, 1.82) is 5.41 Å². The Hall–Kier alpha value is -1.14. The average Bonchev–Trinajstić information content (AvgIpc) is 2.21. The zero-order valence-corrected chi connectivity index (χ0v) is 12.1. The van der Waals surface area contributed by atoms with Gasteiger partial charge in [0.25, 0.3) is 6.02 Å². The highest BCUT2D eigenvalue weighted by Gasteiger charge is 2.10. The Morgan fingerprint density at radius 3 is 2.78 bits per heavy atom. The van der Waals surface area contributed by atoms with Gasteiger partial charge in [0.2, 0.25) is 0 Å². The van der Waals surface area contributed by atoms with E-state index < -0.39 is 5.82 Å². The summed E-state index contributed by atoms with van der Waals surface area (Å²) in [6.45, 7) is 3.73. The summed E-state index contributed by atoms with van der Waals surface area (Å²) in [6, 6.07) is 4.00. The van der Waals surface area contributed by atoms with Crippen LogP contribution in [0.4, 0.5) is 4.39 Å². The second-order valence-corrected chi connectivity index (χ2v) is 4.87. The van der Waals surface area contributed by atoms with Crippen molar-refractivity contribution in [2.45, 2.75) is 19.9 Å². The third-order valence-electron chi connectivity index (χ3n) is 1.71. The SMILES string of the molecule is CC(C)N/C(=N\C(=N)Br)Oc1cc(Cl)ccc1F. The topological polar surface area (TPSA) is 57.5 Å². The molecule has 0 unspecified atom stereocenters. The number of rotatable bonds is 2. The van der Waals surface area contributed by atoms with Gasteiger partial charge >= 0.3 is 0 Å². The quantitative estimate of drug-likeness (QED) is 0.493. The zero-order chi connectivity index (χ0) is 13.7. The summed E-state index contributed by atoms with van der Waals surface area (Å²) in [4.78, 5) is 3.76. The molecular formula is C11H12BrClFN3O. The number of hydrogen-bond acceptors (Lipinski definition) is 2. The van der Waals surface area contributed by atoms with E-state index in [-0.39, 0.29) is 22.6 Å². The molecular weight excluding hydrogens is 324 g/mol. The Morgan fingerprint density at radius 2 is 2.22 bits per heavy atom. The third kappa shape index (κ3) is 5.01. The van der Waals surface area contributed by atoms with Crippen LogP contribution in [0.5, 0.6) is 5.75 Å². The highest BCUT2D eigenvalue weighted by Crippen LogP contribution is 2.21. The van der Waals surface area contributed by atoms with Crippen molar-refractivity contribution in [3.8, 4) is 5.75 Å². The second kappa shape index (κ2) is 6.70. The maximum Gasteiger partial charge on any atom is 0.297 e. The molecule has 0 aromatic heterocycles. The molecule has 2 N–H and O–H groups in total. The van der Waals surface area contributed by atoms with E-state index in [1.807, 2.05) is 13.8 Å². The van der Waals surface area contributed by atoms with Gasteiger partial charge in [-0.15, -0.1) is 0 Å². The van der Waals surface area contributed by atoms with Gasteiger partial charge in [0.15, 0.2) is 16.3 Å². The molecule has 0 atom stereocenters. The van der Waals surface area contributed by atoms with E-state index in [2.05, 4.69) is 26.2 Å². The summed E-state index contributed by atoms with van der Waals surface area (Å²) in [5.74, 6) is -0.609. The van der Waals surface area contributed by atoms with Crippen LogP contribution in [0.1, 0.15) is 13.8 Å². The van der Waals surface area contributed by atoms with Crippen LogP contribution >= 0.6 is 27.5 Å². The van der Waals surface area contributed by atoms with Crippen LogP contribution in [0, 0.1) is 11.2 Å². The van der Waals surface area contributed by atoms with Gasteiger partial charge < -0.3 is 10.1 Å². The van der Waals surface area contributed by atoms with Gasteiger partial charge in [0, 0.05) is 17.1 Å². The van der Waals surface area contributed by atoms with Crippen molar-refractivity contribution in [3.63, 3.8) is 0 Å². The van der Waals surface area contributed by atoms with Crippen molar-refractivity contribution in [2.75, 3.05) is 0 Å². The van der Waals surface area contributed by atoms with Crippen LogP contribution in [0.25, 0.3) is 0 Å². The summed E-state index contributed by atoms with van der Waals surface area (Å²) in [5.41, 5.74) is 0. The van der Waals surface area contributed by atoms with Gasteiger partial charge in [0.1, 0.15) is 0 Å². The Bertz CT molecular complexity index is 479. The van der Waals surface area contributed by atoms with Crippen LogP contribution in [0.2, 0.25) is 5.02 Å². The zero-order valence-electron chi connectivity index (χ0n) is 9.80. The molecule has 4 nitrogen and oxygen atoms in total. The van der Waals surface area contributed by atoms with Crippen LogP contribution in [0.15, 0.2) is 23.2 Å². The first-order valence-electron chi connectivity index (χ1n) is 5.10. The van der Waals surface area contributed by atoms with Gasteiger partial charge in [-0.3, -0.25) is 5.41 Å². The van der Waals surface area contributed by atoms with Crippen molar-refractivity contribution < 1.29 is 9.13 Å². The number of nitrogens with one attached hydrogen (secondary N) is 2. The molecule has 0 saturated carbocycles. The van der Waals surface area contributed by atoms with Crippen molar-refractivity contribution >= 4 is 38.3 Å². The lowest BCUT2D eigenvalue weighted by molar-refractivity contribution is 0.462. The van der Waals surface area contributed by atoms with Crippen molar-refractivity contribution in [2.24, 2.45) is 4.99 Å². The Balaban J connectivity index is 2.95. The summed E-state index contributed by atoms with van der Waals surface area (Å²) >= 11 is 8.62. The number of ether oxygens (including phenoxy) is 1. The predicted molar refractivity (Wildman–Crippen MR) is 74.4 cm³/mol.